The van der Waals surface area contributed by atoms with Gasteiger partial charge in [-0.2, -0.15) is 0 Å². The smallest absolute Gasteiger partial charge is 0.0919 e. The van der Waals surface area contributed by atoms with Gasteiger partial charge >= 0.3 is 0 Å². The van der Waals surface area contributed by atoms with Crippen LogP contribution in [0.3, 0.4) is 0 Å². The third-order valence-electron chi connectivity index (χ3n) is 3.92. The van der Waals surface area contributed by atoms with E-state index in [1.165, 1.54) is 16.7 Å². The first-order chi connectivity index (χ1) is 8.70. The highest BCUT2D eigenvalue weighted by Gasteiger charge is 2.16. The van der Waals surface area contributed by atoms with Crippen molar-refractivity contribution < 1.29 is 4.39 Å². The minimum absolute atomic E-state index is 0.182. The van der Waals surface area contributed by atoms with Gasteiger partial charge in [0.25, 0.3) is 0 Å². The quantitative estimate of drug-likeness (QED) is 0.659. The summed E-state index contributed by atoms with van der Waals surface area (Å²) in [5, 5.41) is 0. The van der Waals surface area contributed by atoms with Gasteiger partial charge in [-0.3, -0.25) is 4.39 Å². The number of halogens is 1. The van der Waals surface area contributed by atoms with Crippen LogP contribution in [-0.4, -0.2) is 6.67 Å². The highest BCUT2D eigenvalue weighted by atomic mass is 19.1. The molecule has 0 unspecified atom stereocenters. The first-order valence-corrected chi connectivity index (χ1v) is 7.04. The maximum absolute atomic E-state index is 12.4. The third kappa shape index (κ3) is 3.22. The molecular formula is C17H23F. The van der Waals surface area contributed by atoms with Crippen LogP contribution in [0.4, 0.5) is 4.39 Å². The van der Waals surface area contributed by atoms with Crippen molar-refractivity contribution in [3.8, 4) is 0 Å². The molecule has 2 rings (SSSR count). The van der Waals surface area contributed by atoms with E-state index in [0.29, 0.717) is 5.92 Å². The van der Waals surface area contributed by atoms with E-state index in [0.717, 1.165) is 25.7 Å². The largest absolute Gasteiger partial charge is 0.251 e. The number of alkyl halides is 1. The minimum atomic E-state index is -0.182. The summed E-state index contributed by atoms with van der Waals surface area (Å²) in [6.07, 6.45) is 6.71. The molecule has 1 aromatic carbocycles. The SMILES string of the molecule is C[C@H](CF)CC[C@H](C)CC1=CCc2ccccc21. The van der Waals surface area contributed by atoms with Crippen LogP contribution in [0, 0.1) is 11.8 Å². The normalized spacial score (nSPS) is 17.2. The van der Waals surface area contributed by atoms with E-state index < -0.39 is 0 Å². The molecule has 0 aliphatic heterocycles. The number of hydrogen-bond acceptors (Lipinski definition) is 0. The Morgan fingerprint density at radius 1 is 1.11 bits per heavy atom. The zero-order chi connectivity index (χ0) is 13.0. The predicted octanol–water partition coefficient (Wildman–Crippen LogP) is 5.04. The molecule has 1 aliphatic rings. The molecule has 0 saturated heterocycles. The van der Waals surface area contributed by atoms with Gasteiger partial charge in [-0.1, -0.05) is 50.6 Å². The molecule has 0 radical (unpaired) electrons. The fraction of sp³-hybridized carbons (Fsp3) is 0.529. The summed E-state index contributed by atoms with van der Waals surface area (Å²) in [4.78, 5) is 0. The van der Waals surface area contributed by atoms with Crippen molar-refractivity contribution in [1.82, 2.24) is 0 Å². The first kappa shape index (κ1) is 13.3. The predicted molar refractivity (Wildman–Crippen MR) is 76.3 cm³/mol. The number of allylic oxidation sites excluding steroid dienone is 2. The fourth-order valence-electron chi connectivity index (χ4n) is 2.67. The van der Waals surface area contributed by atoms with Crippen LogP contribution < -0.4 is 0 Å². The molecular weight excluding hydrogens is 223 g/mol. The van der Waals surface area contributed by atoms with Gasteiger partial charge in [0.15, 0.2) is 0 Å². The summed E-state index contributed by atoms with van der Waals surface area (Å²) in [5.74, 6) is 0.869. The van der Waals surface area contributed by atoms with Crippen LogP contribution in [0.1, 0.15) is 44.2 Å². The van der Waals surface area contributed by atoms with Crippen LogP contribution >= 0.6 is 0 Å². The average molecular weight is 246 g/mol. The van der Waals surface area contributed by atoms with E-state index in [-0.39, 0.29) is 12.6 Å². The molecule has 1 aromatic rings. The van der Waals surface area contributed by atoms with Crippen LogP contribution in [0.5, 0.6) is 0 Å². The summed E-state index contributed by atoms with van der Waals surface area (Å²) < 4.78 is 12.4. The van der Waals surface area contributed by atoms with E-state index in [4.69, 9.17) is 0 Å². The monoisotopic (exact) mass is 246 g/mol. The van der Waals surface area contributed by atoms with Crippen LogP contribution in [-0.2, 0) is 6.42 Å². The number of rotatable bonds is 6. The van der Waals surface area contributed by atoms with Gasteiger partial charge in [0.2, 0.25) is 0 Å². The van der Waals surface area contributed by atoms with E-state index in [1.807, 2.05) is 6.92 Å². The second-order valence-electron chi connectivity index (χ2n) is 5.74. The lowest BCUT2D eigenvalue weighted by molar-refractivity contribution is 0.340. The molecule has 0 spiro atoms. The summed E-state index contributed by atoms with van der Waals surface area (Å²) in [7, 11) is 0. The molecule has 0 nitrogen and oxygen atoms in total. The molecule has 0 fully saturated rings. The Bertz CT molecular complexity index is 419. The van der Waals surface area contributed by atoms with Crippen LogP contribution in [0.2, 0.25) is 0 Å². The zero-order valence-electron chi connectivity index (χ0n) is 11.5. The lowest BCUT2D eigenvalue weighted by atomic mass is 9.91. The van der Waals surface area contributed by atoms with Gasteiger partial charge in [-0.25, -0.2) is 0 Å². The van der Waals surface area contributed by atoms with Crippen molar-refractivity contribution in [2.24, 2.45) is 11.8 Å². The topological polar surface area (TPSA) is 0 Å². The van der Waals surface area contributed by atoms with Crippen molar-refractivity contribution >= 4 is 5.57 Å². The lowest BCUT2D eigenvalue weighted by Crippen LogP contribution is -2.02. The van der Waals surface area contributed by atoms with Gasteiger partial charge in [-0.05, 0) is 47.8 Å². The molecule has 0 aromatic heterocycles. The maximum atomic E-state index is 12.4. The standard InChI is InChI=1S/C17H23F/c1-13(7-8-14(2)12-18)11-16-10-9-15-5-3-4-6-17(15)16/h3-6,10,13-14H,7-9,11-12H2,1-2H3/t13-,14-/m0/s1. The number of fused-ring (bicyclic) bond motifs is 1. The number of benzene rings is 1. The van der Waals surface area contributed by atoms with Gasteiger partial charge in [0, 0.05) is 0 Å². The minimum Gasteiger partial charge on any atom is -0.251 e. The Kier molecular flexibility index (Phi) is 4.57. The fourth-order valence-corrected chi connectivity index (χ4v) is 2.67. The van der Waals surface area contributed by atoms with Gasteiger partial charge in [0.05, 0.1) is 6.67 Å². The van der Waals surface area contributed by atoms with Crippen molar-refractivity contribution in [3.05, 3.63) is 41.5 Å². The second-order valence-corrected chi connectivity index (χ2v) is 5.74. The van der Waals surface area contributed by atoms with Gasteiger partial charge < -0.3 is 0 Å². The Hall–Kier alpha value is -1.11. The lowest BCUT2D eigenvalue weighted by Gasteiger charge is -2.15. The highest BCUT2D eigenvalue weighted by Crippen LogP contribution is 2.33. The Balaban J connectivity index is 1.88. The van der Waals surface area contributed by atoms with Crippen molar-refractivity contribution in [1.29, 1.82) is 0 Å². The second kappa shape index (κ2) is 6.17. The maximum Gasteiger partial charge on any atom is 0.0919 e. The molecule has 0 saturated carbocycles. The molecule has 1 aliphatic carbocycles. The van der Waals surface area contributed by atoms with Crippen LogP contribution in [0.15, 0.2) is 30.3 Å². The summed E-state index contributed by atoms with van der Waals surface area (Å²) in [5.41, 5.74) is 4.38. The van der Waals surface area contributed by atoms with E-state index >= 15 is 0 Å². The molecule has 0 bridgehead atoms. The summed E-state index contributed by atoms with van der Waals surface area (Å²) >= 11 is 0. The number of hydrogen-bond donors (Lipinski definition) is 0. The van der Waals surface area contributed by atoms with Gasteiger partial charge in [-0.15, -0.1) is 0 Å². The van der Waals surface area contributed by atoms with Crippen molar-refractivity contribution in [2.75, 3.05) is 6.67 Å². The highest BCUT2D eigenvalue weighted by molar-refractivity contribution is 5.73. The average Bonchev–Trinajstić information content (AvgIpc) is 2.79. The molecule has 1 heteroatoms. The third-order valence-corrected chi connectivity index (χ3v) is 3.92. The van der Waals surface area contributed by atoms with Crippen molar-refractivity contribution in [2.45, 2.75) is 39.5 Å². The van der Waals surface area contributed by atoms with E-state index in [1.54, 1.807) is 0 Å². The van der Waals surface area contributed by atoms with E-state index in [9.17, 15) is 4.39 Å². The molecule has 98 valence electrons. The molecule has 2 atom stereocenters. The van der Waals surface area contributed by atoms with Crippen LogP contribution in [0.25, 0.3) is 5.57 Å². The summed E-state index contributed by atoms with van der Waals surface area (Å²) in [6.45, 7) is 4.10. The molecule has 0 N–H and O–H groups in total. The van der Waals surface area contributed by atoms with E-state index in [2.05, 4.69) is 37.3 Å². The van der Waals surface area contributed by atoms with Gasteiger partial charge in [0.1, 0.15) is 0 Å². The summed E-state index contributed by atoms with van der Waals surface area (Å²) in [6, 6.07) is 8.68. The first-order valence-electron chi connectivity index (χ1n) is 7.04. The molecule has 0 heterocycles. The Morgan fingerprint density at radius 3 is 2.61 bits per heavy atom. The van der Waals surface area contributed by atoms with Crippen molar-refractivity contribution in [3.63, 3.8) is 0 Å². The Labute approximate surface area is 110 Å². The molecule has 0 amide bonds. The zero-order valence-corrected chi connectivity index (χ0v) is 11.5. The molecule has 18 heavy (non-hydrogen) atoms. The Morgan fingerprint density at radius 2 is 1.83 bits per heavy atom.